The minimum absolute atomic E-state index is 0.128. The standard InChI is InChI=1S/C14H22N4O2/c1-2-5-15-13(19)7-11-4-3-6-18(10-11)12-8-14(20)17-16-9-12/h8-9,11H,2-7,10H2,1H3,(H,15,19)(H,17,20). The van der Waals surface area contributed by atoms with E-state index < -0.39 is 0 Å². The number of carbonyl (C=O) groups excluding carboxylic acids is 1. The smallest absolute Gasteiger partial charge is 0.266 e. The molecule has 1 atom stereocenters. The third kappa shape index (κ3) is 4.08. The molecule has 1 saturated heterocycles. The molecule has 110 valence electrons. The quantitative estimate of drug-likeness (QED) is 0.839. The van der Waals surface area contributed by atoms with Gasteiger partial charge in [0.2, 0.25) is 5.91 Å². The van der Waals surface area contributed by atoms with Crippen molar-refractivity contribution < 1.29 is 4.79 Å². The fraction of sp³-hybridized carbons (Fsp3) is 0.643. The average Bonchev–Trinajstić information content (AvgIpc) is 2.45. The molecule has 2 heterocycles. The van der Waals surface area contributed by atoms with E-state index in [4.69, 9.17) is 0 Å². The molecule has 20 heavy (non-hydrogen) atoms. The summed E-state index contributed by atoms with van der Waals surface area (Å²) < 4.78 is 0. The number of amides is 1. The molecule has 0 spiro atoms. The van der Waals surface area contributed by atoms with Gasteiger partial charge in [-0.3, -0.25) is 9.59 Å². The number of rotatable bonds is 5. The van der Waals surface area contributed by atoms with Crippen molar-refractivity contribution in [1.29, 1.82) is 0 Å². The predicted molar refractivity (Wildman–Crippen MR) is 77.7 cm³/mol. The minimum Gasteiger partial charge on any atom is -0.370 e. The summed E-state index contributed by atoms with van der Waals surface area (Å²) >= 11 is 0. The van der Waals surface area contributed by atoms with Crippen molar-refractivity contribution in [3.63, 3.8) is 0 Å². The molecule has 0 saturated carbocycles. The number of anilines is 1. The molecule has 0 aliphatic carbocycles. The Morgan fingerprint density at radius 1 is 1.60 bits per heavy atom. The molecule has 1 aliphatic heterocycles. The molecule has 1 amide bonds. The Balaban J connectivity index is 1.91. The summed E-state index contributed by atoms with van der Waals surface area (Å²) in [4.78, 5) is 25.2. The van der Waals surface area contributed by atoms with Crippen LogP contribution < -0.4 is 15.8 Å². The van der Waals surface area contributed by atoms with Crippen molar-refractivity contribution in [3.05, 3.63) is 22.6 Å². The number of hydrogen-bond donors (Lipinski definition) is 2. The van der Waals surface area contributed by atoms with Crippen LogP contribution in [0.4, 0.5) is 5.69 Å². The van der Waals surface area contributed by atoms with E-state index in [1.807, 2.05) is 6.92 Å². The van der Waals surface area contributed by atoms with Crippen molar-refractivity contribution in [3.8, 4) is 0 Å². The Hall–Kier alpha value is -1.85. The van der Waals surface area contributed by atoms with Gasteiger partial charge in [0.1, 0.15) is 0 Å². The lowest BCUT2D eigenvalue weighted by Gasteiger charge is -2.33. The fourth-order valence-electron chi connectivity index (χ4n) is 2.60. The number of hydrogen-bond acceptors (Lipinski definition) is 4. The first kappa shape index (κ1) is 14.6. The molecule has 1 unspecified atom stereocenters. The van der Waals surface area contributed by atoms with E-state index in [1.165, 1.54) is 0 Å². The van der Waals surface area contributed by atoms with E-state index in [-0.39, 0.29) is 11.5 Å². The zero-order valence-electron chi connectivity index (χ0n) is 11.9. The minimum atomic E-state index is -0.190. The Labute approximate surface area is 118 Å². The number of aromatic nitrogens is 2. The van der Waals surface area contributed by atoms with Crippen LogP contribution in [0.2, 0.25) is 0 Å². The normalized spacial score (nSPS) is 18.9. The highest BCUT2D eigenvalue weighted by molar-refractivity contribution is 5.76. The maximum absolute atomic E-state index is 11.8. The van der Waals surface area contributed by atoms with Gasteiger partial charge in [0.05, 0.1) is 11.9 Å². The van der Waals surface area contributed by atoms with Gasteiger partial charge < -0.3 is 10.2 Å². The summed E-state index contributed by atoms with van der Waals surface area (Å²) in [5.74, 6) is 0.475. The van der Waals surface area contributed by atoms with E-state index >= 15 is 0 Å². The first-order valence-corrected chi connectivity index (χ1v) is 7.25. The summed E-state index contributed by atoms with van der Waals surface area (Å²) in [6.45, 7) is 4.51. The van der Waals surface area contributed by atoms with E-state index in [0.717, 1.165) is 44.6 Å². The molecular formula is C14H22N4O2. The Bertz CT molecular complexity index is 500. The zero-order chi connectivity index (χ0) is 14.4. The van der Waals surface area contributed by atoms with Crippen molar-refractivity contribution in [2.45, 2.75) is 32.6 Å². The maximum Gasteiger partial charge on any atom is 0.266 e. The number of aromatic amines is 1. The topological polar surface area (TPSA) is 78.1 Å². The first-order chi connectivity index (χ1) is 9.69. The molecule has 1 aliphatic rings. The fourth-order valence-corrected chi connectivity index (χ4v) is 2.60. The highest BCUT2D eigenvalue weighted by atomic mass is 16.1. The highest BCUT2D eigenvalue weighted by Gasteiger charge is 2.22. The van der Waals surface area contributed by atoms with Gasteiger partial charge in [-0.15, -0.1) is 0 Å². The highest BCUT2D eigenvalue weighted by Crippen LogP contribution is 2.23. The number of nitrogens with one attached hydrogen (secondary N) is 2. The molecule has 1 aromatic rings. The Morgan fingerprint density at radius 3 is 3.20 bits per heavy atom. The van der Waals surface area contributed by atoms with Gasteiger partial charge in [-0.25, -0.2) is 5.10 Å². The number of piperidine rings is 1. The van der Waals surface area contributed by atoms with Crippen LogP contribution >= 0.6 is 0 Å². The molecule has 0 radical (unpaired) electrons. The van der Waals surface area contributed by atoms with Crippen LogP contribution in [0.15, 0.2) is 17.1 Å². The van der Waals surface area contributed by atoms with Crippen LogP contribution in [-0.2, 0) is 4.79 Å². The largest absolute Gasteiger partial charge is 0.370 e. The van der Waals surface area contributed by atoms with Crippen LogP contribution in [0.25, 0.3) is 0 Å². The second-order valence-corrected chi connectivity index (χ2v) is 5.31. The lowest BCUT2D eigenvalue weighted by molar-refractivity contribution is -0.122. The molecule has 1 aromatic heterocycles. The van der Waals surface area contributed by atoms with Gasteiger partial charge in [0, 0.05) is 32.1 Å². The number of H-pyrrole nitrogens is 1. The van der Waals surface area contributed by atoms with Crippen LogP contribution in [0.3, 0.4) is 0 Å². The average molecular weight is 278 g/mol. The van der Waals surface area contributed by atoms with Crippen molar-refractivity contribution in [2.24, 2.45) is 5.92 Å². The third-order valence-corrected chi connectivity index (χ3v) is 3.58. The van der Waals surface area contributed by atoms with Crippen LogP contribution in [-0.4, -0.2) is 35.7 Å². The molecular weight excluding hydrogens is 256 g/mol. The van der Waals surface area contributed by atoms with E-state index in [2.05, 4.69) is 20.4 Å². The second kappa shape index (κ2) is 7.07. The van der Waals surface area contributed by atoms with Crippen molar-refractivity contribution >= 4 is 11.6 Å². The monoisotopic (exact) mass is 278 g/mol. The number of nitrogens with zero attached hydrogens (tertiary/aromatic N) is 2. The molecule has 1 fully saturated rings. The molecule has 6 nitrogen and oxygen atoms in total. The second-order valence-electron chi connectivity index (χ2n) is 5.31. The summed E-state index contributed by atoms with van der Waals surface area (Å²) in [7, 11) is 0. The van der Waals surface area contributed by atoms with Crippen LogP contribution in [0.1, 0.15) is 32.6 Å². The van der Waals surface area contributed by atoms with Gasteiger partial charge in [-0.1, -0.05) is 6.92 Å². The Kier molecular flexibility index (Phi) is 5.15. The van der Waals surface area contributed by atoms with Crippen molar-refractivity contribution in [1.82, 2.24) is 15.5 Å². The molecule has 0 aromatic carbocycles. The van der Waals surface area contributed by atoms with E-state index in [0.29, 0.717) is 12.3 Å². The maximum atomic E-state index is 11.8. The molecule has 6 heteroatoms. The molecule has 0 bridgehead atoms. The van der Waals surface area contributed by atoms with Crippen LogP contribution in [0.5, 0.6) is 0 Å². The van der Waals surface area contributed by atoms with E-state index in [1.54, 1.807) is 12.3 Å². The van der Waals surface area contributed by atoms with Gasteiger partial charge in [-0.05, 0) is 25.2 Å². The van der Waals surface area contributed by atoms with Crippen LogP contribution in [0, 0.1) is 5.92 Å². The summed E-state index contributed by atoms with van der Waals surface area (Å²) in [5, 5.41) is 9.13. The zero-order valence-corrected chi connectivity index (χ0v) is 11.9. The molecule has 2 rings (SSSR count). The summed E-state index contributed by atoms with van der Waals surface area (Å²) in [6.07, 6.45) is 5.29. The van der Waals surface area contributed by atoms with Gasteiger partial charge >= 0.3 is 0 Å². The lowest BCUT2D eigenvalue weighted by atomic mass is 9.94. The molecule has 2 N–H and O–H groups in total. The van der Waals surface area contributed by atoms with Crippen molar-refractivity contribution in [2.75, 3.05) is 24.5 Å². The number of carbonyl (C=O) groups is 1. The summed E-state index contributed by atoms with van der Waals surface area (Å²) in [6, 6.07) is 1.56. The SMILES string of the molecule is CCCNC(=O)CC1CCCN(c2cn[nH]c(=O)c2)C1. The van der Waals surface area contributed by atoms with Gasteiger partial charge in [0.25, 0.3) is 5.56 Å². The van der Waals surface area contributed by atoms with Gasteiger partial charge in [-0.2, -0.15) is 5.10 Å². The van der Waals surface area contributed by atoms with Gasteiger partial charge in [0.15, 0.2) is 0 Å². The third-order valence-electron chi connectivity index (χ3n) is 3.58. The Morgan fingerprint density at radius 2 is 2.45 bits per heavy atom. The lowest BCUT2D eigenvalue weighted by Crippen LogP contribution is -2.38. The first-order valence-electron chi connectivity index (χ1n) is 7.25. The summed E-state index contributed by atoms with van der Waals surface area (Å²) in [5.41, 5.74) is 0.651. The van der Waals surface area contributed by atoms with E-state index in [9.17, 15) is 9.59 Å². The predicted octanol–water partition coefficient (Wildman–Crippen LogP) is 0.903.